The molecule has 0 unspecified atom stereocenters. The highest BCUT2D eigenvalue weighted by Crippen LogP contribution is 2.35. The molecule has 2 aromatic heterocycles. The predicted molar refractivity (Wildman–Crippen MR) is 129 cm³/mol. The summed E-state index contributed by atoms with van der Waals surface area (Å²) in [4.78, 5) is 20.2. The van der Waals surface area contributed by atoms with Crippen molar-refractivity contribution in [3.8, 4) is 17.2 Å². The van der Waals surface area contributed by atoms with Gasteiger partial charge in [-0.1, -0.05) is 18.2 Å². The standard InChI is InChI=1S/C24H20ClN5O3/c1-14(29-15-4-3-8-27-13-15)30-20-6-5-16(10-19(20)25)33-22-7-9-28-21-12-23(32-2)18(24(26)31)11-17(21)22/h3-13,29-30H,1H2,2H3,(H2,26,31). The Hall–Kier alpha value is -4.30. The molecule has 0 bridgehead atoms. The molecule has 166 valence electrons. The summed E-state index contributed by atoms with van der Waals surface area (Å²) in [7, 11) is 1.46. The van der Waals surface area contributed by atoms with E-state index in [1.807, 2.05) is 12.1 Å². The number of anilines is 2. The summed E-state index contributed by atoms with van der Waals surface area (Å²) in [5.41, 5.74) is 7.76. The van der Waals surface area contributed by atoms with E-state index in [0.29, 0.717) is 44.7 Å². The molecule has 8 nitrogen and oxygen atoms in total. The van der Waals surface area contributed by atoms with Crippen LogP contribution in [0.4, 0.5) is 11.4 Å². The number of benzene rings is 2. The van der Waals surface area contributed by atoms with Crippen LogP contribution in [0.15, 0.2) is 79.5 Å². The quantitative estimate of drug-likeness (QED) is 0.331. The Morgan fingerprint density at radius 3 is 2.64 bits per heavy atom. The third kappa shape index (κ3) is 4.97. The van der Waals surface area contributed by atoms with Crippen molar-refractivity contribution in [2.75, 3.05) is 17.7 Å². The minimum absolute atomic E-state index is 0.236. The third-order valence-corrected chi connectivity index (χ3v) is 5.01. The number of ether oxygens (including phenoxy) is 2. The molecule has 0 aliphatic heterocycles. The molecule has 0 spiro atoms. The monoisotopic (exact) mass is 461 g/mol. The second-order valence-electron chi connectivity index (χ2n) is 6.96. The first kappa shape index (κ1) is 21.9. The lowest BCUT2D eigenvalue weighted by atomic mass is 10.1. The number of pyridine rings is 2. The number of aromatic nitrogens is 2. The molecular weight excluding hydrogens is 442 g/mol. The van der Waals surface area contributed by atoms with Crippen LogP contribution in [0.2, 0.25) is 5.02 Å². The van der Waals surface area contributed by atoms with Gasteiger partial charge in [-0.15, -0.1) is 0 Å². The number of halogens is 1. The fraction of sp³-hybridized carbons (Fsp3) is 0.0417. The van der Waals surface area contributed by atoms with Crippen LogP contribution < -0.4 is 25.8 Å². The van der Waals surface area contributed by atoms with Crippen molar-refractivity contribution in [3.63, 3.8) is 0 Å². The lowest BCUT2D eigenvalue weighted by molar-refractivity contribution is 0.0997. The average Bonchev–Trinajstić information content (AvgIpc) is 2.80. The van der Waals surface area contributed by atoms with Gasteiger partial charge in [0, 0.05) is 29.9 Å². The Balaban J connectivity index is 1.56. The number of methoxy groups -OCH3 is 1. The van der Waals surface area contributed by atoms with Crippen LogP contribution in [-0.4, -0.2) is 23.0 Å². The van der Waals surface area contributed by atoms with E-state index >= 15 is 0 Å². The number of nitrogens with one attached hydrogen (secondary N) is 2. The van der Waals surface area contributed by atoms with E-state index in [1.54, 1.807) is 55.0 Å². The van der Waals surface area contributed by atoms with Gasteiger partial charge in [0.1, 0.15) is 23.1 Å². The second kappa shape index (κ2) is 9.46. The zero-order chi connectivity index (χ0) is 23.4. The highest BCUT2D eigenvalue weighted by atomic mass is 35.5. The fourth-order valence-electron chi connectivity index (χ4n) is 3.19. The number of hydrogen-bond donors (Lipinski definition) is 3. The molecule has 4 N–H and O–H groups in total. The summed E-state index contributed by atoms with van der Waals surface area (Å²) < 4.78 is 11.3. The maximum absolute atomic E-state index is 11.8. The van der Waals surface area contributed by atoms with Crippen molar-refractivity contribution in [3.05, 3.63) is 90.1 Å². The Morgan fingerprint density at radius 1 is 1.09 bits per heavy atom. The summed E-state index contributed by atoms with van der Waals surface area (Å²) in [6.07, 6.45) is 4.98. The van der Waals surface area contributed by atoms with E-state index in [1.165, 1.54) is 7.11 Å². The molecule has 4 rings (SSSR count). The van der Waals surface area contributed by atoms with E-state index in [-0.39, 0.29) is 5.56 Å². The molecule has 0 saturated heterocycles. The Bertz CT molecular complexity index is 1350. The number of amides is 1. The number of hydrogen-bond acceptors (Lipinski definition) is 7. The first-order valence-corrected chi connectivity index (χ1v) is 10.2. The van der Waals surface area contributed by atoms with E-state index in [9.17, 15) is 4.79 Å². The molecule has 2 aromatic carbocycles. The van der Waals surface area contributed by atoms with Gasteiger partial charge in [0.25, 0.3) is 5.91 Å². The summed E-state index contributed by atoms with van der Waals surface area (Å²) in [5, 5.41) is 7.26. The molecule has 0 fully saturated rings. The van der Waals surface area contributed by atoms with Crippen LogP contribution in [0.5, 0.6) is 17.2 Å². The molecule has 4 aromatic rings. The molecule has 0 atom stereocenters. The topological polar surface area (TPSA) is 111 Å². The maximum atomic E-state index is 11.8. The number of carbonyl (C=O) groups is 1. The summed E-state index contributed by atoms with van der Waals surface area (Å²) >= 11 is 6.45. The molecule has 9 heteroatoms. The molecule has 0 aliphatic carbocycles. The van der Waals surface area contributed by atoms with Gasteiger partial charge in [-0.25, -0.2) is 0 Å². The Labute approximate surface area is 195 Å². The lowest BCUT2D eigenvalue weighted by Gasteiger charge is -2.15. The minimum atomic E-state index is -0.609. The predicted octanol–water partition coefficient (Wildman–Crippen LogP) is 5.18. The van der Waals surface area contributed by atoms with E-state index in [2.05, 4.69) is 27.2 Å². The van der Waals surface area contributed by atoms with Crippen LogP contribution in [0.1, 0.15) is 10.4 Å². The number of nitrogens with two attached hydrogens (primary N) is 1. The zero-order valence-corrected chi connectivity index (χ0v) is 18.4. The van der Waals surface area contributed by atoms with Crippen molar-refractivity contribution >= 4 is 39.8 Å². The maximum Gasteiger partial charge on any atom is 0.252 e. The van der Waals surface area contributed by atoms with Crippen molar-refractivity contribution in [1.29, 1.82) is 0 Å². The molecule has 33 heavy (non-hydrogen) atoms. The number of fused-ring (bicyclic) bond motifs is 1. The van der Waals surface area contributed by atoms with Gasteiger partial charge in [0.05, 0.1) is 40.8 Å². The first-order valence-electron chi connectivity index (χ1n) is 9.81. The van der Waals surface area contributed by atoms with Gasteiger partial charge in [-0.2, -0.15) is 0 Å². The minimum Gasteiger partial charge on any atom is -0.496 e. The van der Waals surface area contributed by atoms with Gasteiger partial charge < -0.3 is 25.8 Å². The van der Waals surface area contributed by atoms with Crippen LogP contribution in [0.25, 0.3) is 10.9 Å². The molecule has 0 saturated carbocycles. The molecule has 0 aliphatic rings. The van der Waals surface area contributed by atoms with Crippen molar-refractivity contribution < 1.29 is 14.3 Å². The number of rotatable bonds is 8. The zero-order valence-electron chi connectivity index (χ0n) is 17.6. The SMILES string of the molecule is C=C(Nc1cccnc1)Nc1ccc(Oc2ccnc3cc(OC)c(C(N)=O)cc23)cc1Cl. The molecular formula is C24H20ClN5O3. The molecule has 0 radical (unpaired) electrons. The largest absolute Gasteiger partial charge is 0.496 e. The van der Waals surface area contributed by atoms with E-state index in [4.69, 9.17) is 26.8 Å². The summed E-state index contributed by atoms with van der Waals surface area (Å²) in [5.74, 6) is 1.26. The van der Waals surface area contributed by atoms with Gasteiger partial charge in [-0.3, -0.25) is 14.8 Å². The third-order valence-electron chi connectivity index (χ3n) is 4.70. The van der Waals surface area contributed by atoms with Crippen LogP contribution >= 0.6 is 11.6 Å². The lowest BCUT2D eigenvalue weighted by Crippen LogP contribution is -2.12. The fourth-order valence-corrected chi connectivity index (χ4v) is 3.41. The van der Waals surface area contributed by atoms with Crippen molar-refractivity contribution in [1.82, 2.24) is 9.97 Å². The first-order chi connectivity index (χ1) is 15.9. The van der Waals surface area contributed by atoms with Crippen molar-refractivity contribution in [2.45, 2.75) is 0 Å². The van der Waals surface area contributed by atoms with E-state index < -0.39 is 5.91 Å². The van der Waals surface area contributed by atoms with Gasteiger partial charge in [0.15, 0.2) is 0 Å². The molecule has 1 amide bonds. The highest BCUT2D eigenvalue weighted by molar-refractivity contribution is 6.33. The van der Waals surface area contributed by atoms with Crippen molar-refractivity contribution in [2.24, 2.45) is 5.73 Å². The van der Waals surface area contributed by atoms with Crippen LogP contribution in [0, 0.1) is 0 Å². The summed E-state index contributed by atoms with van der Waals surface area (Å²) in [6, 6.07) is 13.8. The number of nitrogens with zero attached hydrogens (tertiary/aromatic N) is 2. The number of primary amides is 1. The highest BCUT2D eigenvalue weighted by Gasteiger charge is 2.15. The average molecular weight is 462 g/mol. The molecule has 2 heterocycles. The smallest absolute Gasteiger partial charge is 0.252 e. The Kier molecular flexibility index (Phi) is 6.28. The summed E-state index contributed by atoms with van der Waals surface area (Å²) in [6.45, 7) is 3.95. The second-order valence-corrected chi connectivity index (χ2v) is 7.36. The van der Waals surface area contributed by atoms with E-state index in [0.717, 1.165) is 5.69 Å². The van der Waals surface area contributed by atoms with Gasteiger partial charge >= 0.3 is 0 Å². The van der Waals surface area contributed by atoms with Crippen LogP contribution in [-0.2, 0) is 0 Å². The normalized spacial score (nSPS) is 10.5. The van der Waals surface area contributed by atoms with Gasteiger partial charge in [0.2, 0.25) is 0 Å². The van der Waals surface area contributed by atoms with Crippen LogP contribution in [0.3, 0.4) is 0 Å². The Morgan fingerprint density at radius 2 is 1.94 bits per heavy atom. The van der Waals surface area contributed by atoms with Gasteiger partial charge in [-0.05, 0) is 36.4 Å². The number of carbonyl (C=O) groups excluding carboxylic acids is 1.